The van der Waals surface area contributed by atoms with Crippen molar-refractivity contribution in [2.24, 2.45) is 0 Å². The molecule has 9 nitrogen and oxygen atoms in total. The minimum atomic E-state index is -0.431. The lowest BCUT2D eigenvalue weighted by Crippen LogP contribution is -2.12. The molecule has 1 aromatic carbocycles. The minimum absolute atomic E-state index is 0.110. The van der Waals surface area contributed by atoms with Gasteiger partial charge in [0.1, 0.15) is 11.4 Å². The van der Waals surface area contributed by atoms with Crippen molar-refractivity contribution in [3.05, 3.63) is 71.6 Å². The van der Waals surface area contributed by atoms with Crippen LogP contribution in [0.2, 0.25) is 0 Å². The van der Waals surface area contributed by atoms with Gasteiger partial charge in [0.25, 0.3) is 5.91 Å². The molecule has 5 aromatic rings. The fourth-order valence-electron chi connectivity index (χ4n) is 3.08. The number of carbonyl (C=O) groups is 1. The fraction of sp³-hybridized carbons (Fsp3) is 0.0909. The highest BCUT2D eigenvalue weighted by molar-refractivity contribution is 7.14. The maximum absolute atomic E-state index is 12.9. The summed E-state index contributed by atoms with van der Waals surface area (Å²) in [5.41, 5.74) is 3.35. The molecule has 1 amide bonds. The third kappa shape index (κ3) is 3.91. The number of hydrogen-bond donors (Lipinski definition) is 1. The summed E-state index contributed by atoms with van der Waals surface area (Å²) < 4.78 is 11.1. The van der Waals surface area contributed by atoms with Crippen molar-refractivity contribution >= 4 is 22.4 Å². The SMILES string of the molecule is Cc1nnc(-c2ccc(-c3nc(C)oc3C(=O)Nc3nc(-c4ccccn4)cs3)cc2)o1. The molecule has 0 atom stereocenters. The monoisotopic (exact) mass is 444 g/mol. The lowest BCUT2D eigenvalue weighted by atomic mass is 10.1. The summed E-state index contributed by atoms with van der Waals surface area (Å²) in [7, 11) is 0. The Labute approximate surface area is 186 Å². The van der Waals surface area contributed by atoms with E-state index < -0.39 is 5.91 Å². The quantitative estimate of drug-likeness (QED) is 0.411. The van der Waals surface area contributed by atoms with Crippen LogP contribution in [0.3, 0.4) is 0 Å². The Hall–Kier alpha value is -4.18. The van der Waals surface area contributed by atoms with Crippen molar-refractivity contribution in [3.8, 4) is 34.1 Å². The Balaban J connectivity index is 1.38. The summed E-state index contributed by atoms with van der Waals surface area (Å²) in [6.45, 7) is 3.42. The van der Waals surface area contributed by atoms with Gasteiger partial charge >= 0.3 is 0 Å². The van der Waals surface area contributed by atoms with E-state index in [1.54, 1.807) is 20.0 Å². The van der Waals surface area contributed by atoms with Crippen LogP contribution >= 0.6 is 11.3 Å². The van der Waals surface area contributed by atoms with Crippen LogP contribution in [0.25, 0.3) is 34.1 Å². The van der Waals surface area contributed by atoms with Gasteiger partial charge < -0.3 is 8.83 Å². The first-order valence-electron chi connectivity index (χ1n) is 9.63. The zero-order valence-electron chi connectivity index (χ0n) is 17.1. The highest BCUT2D eigenvalue weighted by atomic mass is 32.1. The van der Waals surface area contributed by atoms with Crippen molar-refractivity contribution < 1.29 is 13.6 Å². The van der Waals surface area contributed by atoms with E-state index in [4.69, 9.17) is 8.83 Å². The summed E-state index contributed by atoms with van der Waals surface area (Å²) in [5, 5.41) is 12.9. The zero-order valence-corrected chi connectivity index (χ0v) is 17.9. The molecule has 0 unspecified atom stereocenters. The lowest BCUT2D eigenvalue weighted by molar-refractivity contribution is 0.0996. The van der Waals surface area contributed by atoms with Gasteiger partial charge in [0, 0.05) is 36.6 Å². The Bertz CT molecular complexity index is 1390. The minimum Gasteiger partial charge on any atom is -0.435 e. The molecule has 4 aromatic heterocycles. The molecule has 0 spiro atoms. The van der Waals surface area contributed by atoms with Gasteiger partial charge in [-0.2, -0.15) is 0 Å². The molecule has 32 heavy (non-hydrogen) atoms. The number of thiazole rings is 1. The Kier molecular flexibility index (Phi) is 5.04. The number of nitrogens with one attached hydrogen (secondary N) is 1. The van der Waals surface area contributed by atoms with Crippen LogP contribution in [-0.2, 0) is 0 Å². The number of benzene rings is 1. The lowest BCUT2D eigenvalue weighted by Gasteiger charge is -2.03. The molecule has 0 bridgehead atoms. The summed E-state index contributed by atoms with van der Waals surface area (Å²) in [6, 6.07) is 12.9. The summed E-state index contributed by atoms with van der Waals surface area (Å²) in [6.07, 6.45) is 1.70. The second-order valence-electron chi connectivity index (χ2n) is 6.82. The van der Waals surface area contributed by atoms with Crippen LogP contribution < -0.4 is 5.32 Å². The number of pyridine rings is 1. The number of hydrogen-bond acceptors (Lipinski definition) is 9. The number of carbonyl (C=O) groups excluding carboxylic acids is 1. The van der Waals surface area contributed by atoms with Crippen LogP contribution in [-0.4, -0.2) is 31.1 Å². The molecule has 0 radical (unpaired) electrons. The summed E-state index contributed by atoms with van der Waals surface area (Å²) in [5.74, 6) is 0.979. The fourth-order valence-corrected chi connectivity index (χ4v) is 3.78. The zero-order chi connectivity index (χ0) is 22.1. The standard InChI is InChI=1S/C22H16N6O3S/c1-12-24-18(14-6-8-15(9-7-14)21-28-27-13(2)31-21)19(30-12)20(29)26-22-25-17(11-32-22)16-5-3-4-10-23-16/h3-11H,1-2H3,(H,25,26,29). The van der Waals surface area contributed by atoms with E-state index in [0.29, 0.717) is 34.2 Å². The molecule has 0 aliphatic carbocycles. The average Bonchev–Trinajstić information content (AvgIpc) is 3.54. The largest absolute Gasteiger partial charge is 0.435 e. The van der Waals surface area contributed by atoms with Gasteiger partial charge in [0.2, 0.25) is 17.5 Å². The van der Waals surface area contributed by atoms with Crippen molar-refractivity contribution in [1.29, 1.82) is 0 Å². The first kappa shape index (κ1) is 19.8. The van der Waals surface area contributed by atoms with E-state index in [0.717, 1.165) is 16.8 Å². The highest BCUT2D eigenvalue weighted by Crippen LogP contribution is 2.29. The van der Waals surface area contributed by atoms with E-state index in [2.05, 4.69) is 30.5 Å². The topological polar surface area (TPSA) is 120 Å². The van der Waals surface area contributed by atoms with E-state index in [1.807, 2.05) is 47.8 Å². The number of nitrogens with zero attached hydrogens (tertiary/aromatic N) is 5. The van der Waals surface area contributed by atoms with Crippen molar-refractivity contribution in [1.82, 2.24) is 25.1 Å². The molecule has 0 saturated carbocycles. The van der Waals surface area contributed by atoms with E-state index in [1.165, 1.54) is 11.3 Å². The Morgan fingerprint density at radius 1 is 0.906 bits per heavy atom. The first-order valence-corrected chi connectivity index (χ1v) is 10.5. The summed E-state index contributed by atoms with van der Waals surface area (Å²) in [4.78, 5) is 26.0. The van der Waals surface area contributed by atoms with Crippen LogP contribution in [0.4, 0.5) is 5.13 Å². The summed E-state index contributed by atoms with van der Waals surface area (Å²) >= 11 is 1.31. The molecular formula is C22H16N6O3S. The molecule has 4 heterocycles. The molecule has 0 aliphatic rings. The second-order valence-corrected chi connectivity index (χ2v) is 7.68. The number of aromatic nitrogens is 5. The van der Waals surface area contributed by atoms with Gasteiger partial charge in [0.15, 0.2) is 11.0 Å². The molecular weight excluding hydrogens is 428 g/mol. The number of aryl methyl sites for hydroxylation is 2. The Morgan fingerprint density at radius 2 is 1.72 bits per heavy atom. The molecule has 10 heteroatoms. The van der Waals surface area contributed by atoms with Gasteiger partial charge in [-0.3, -0.25) is 15.1 Å². The van der Waals surface area contributed by atoms with E-state index in [-0.39, 0.29) is 5.76 Å². The van der Waals surface area contributed by atoms with Crippen LogP contribution in [0.5, 0.6) is 0 Å². The predicted octanol–water partition coefficient (Wildman–Crippen LogP) is 4.78. The Morgan fingerprint density at radius 3 is 2.44 bits per heavy atom. The number of amides is 1. The van der Waals surface area contributed by atoms with Crippen molar-refractivity contribution in [2.45, 2.75) is 13.8 Å². The number of rotatable bonds is 5. The molecule has 1 N–H and O–H groups in total. The van der Waals surface area contributed by atoms with Gasteiger partial charge in [0.05, 0.1) is 5.69 Å². The van der Waals surface area contributed by atoms with E-state index in [9.17, 15) is 4.79 Å². The highest BCUT2D eigenvalue weighted by Gasteiger charge is 2.22. The number of anilines is 1. The normalized spacial score (nSPS) is 10.9. The van der Waals surface area contributed by atoms with Crippen molar-refractivity contribution in [3.63, 3.8) is 0 Å². The third-order valence-corrected chi connectivity index (χ3v) is 5.28. The molecule has 0 fully saturated rings. The van der Waals surface area contributed by atoms with Crippen molar-refractivity contribution in [2.75, 3.05) is 5.32 Å². The van der Waals surface area contributed by atoms with E-state index >= 15 is 0 Å². The van der Waals surface area contributed by atoms with Crippen LogP contribution in [0.15, 0.2) is 62.9 Å². The van der Waals surface area contributed by atoms with Crippen LogP contribution in [0.1, 0.15) is 22.3 Å². The van der Waals surface area contributed by atoms with Gasteiger partial charge in [-0.05, 0) is 24.3 Å². The molecule has 0 aliphatic heterocycles. The third-order valence-electron chi connectivity index (χ3n) is 4.52. The van der Waals surface area contributed by atoms with Gasteiger partial charge in [-0.25, -0.2) is 9.97 Å². The van der Waals surface area contributed by atoms with Crippen LogP contribution in [0, 0.1) is 13.8 Å². The van der Waals surface area contributed by atoms with Gasteiger partial charge in [-0.1, -0.05) is 18.2 Å². The maximum atomic E-state index is 12.9. The predicted molar refractivity (Wildman–Crippen MR) is 118 cm³/mol. The van der Waals surface area contributed by atoms with Gasteiger partial charge in [-0.15, -0.1) is 21.5 Å². The second kappa shape index (κ2) is 8.16. The molecule has 158 valence electrons. The smallest absolute Gasteiger partial charge is 0.295 e. The first-order chi connectivity index (χ1) is 15.6. The molecule has 0 saturated heterocycles. The maximum Gasteiger partial charge on any atom is 0.295 e. The molecule has 5 rings (SSSR count). The number of oxazole rings is 1. The average molecular weight is 444 g/mol.